The number of aliphatic hydroxyl groups excluding tert-OH is 4. The molecule has 0 radical (unpaired) electrons. The molecular formula is C23H24O10. The van der Waals surface area contributed by atoms with Gasteiger partial charge in [-0.1, -0.05) is 12.1 Å². The molecule has 1 aliphatic rings. The third-order valence-corrected chi connectivity index (χ3v) is 5.55. The molecule has 1 fully saturated rings. The molecule has 0 amide bonds. The lowest BCUT2D eigenvalue weighted by Gasteiger charge is -2.39. The zero-order valence-electron chi connectivity index (χ0n) is 17.9. The van der Waals surface area contributed by atoms with Gasteiger partial charge in [0.25, 0.3) is 0 Å². The highest BCUT2D eigenvalue weighted by Crippen LogP contribution is 2.35. The first-order valence-corrected chi connectivity index (χ1v) is 10.1. The predicted molar refractivity (Wildman–Crippen MR) is 115 cm³/mol. The van der Waals surface area contributed by atoms with Gasteiger partial charge in [-0.05, 0) is 23.8 Å². The number of aliphatic hydroxyl groups is 4. The summed E-state index contributed by atoms with van der Waals surface area (Å²) in [4.78, 5) is 13.2. The molecule has 5 atom stereocenters. The maximum Gasteiger partial charge on any atom is 0.229 e. The Hall–Kier alpha value is -3.15. The Balaban J connectivity index is 1.73. The van der Waals surface area contributed by atoms with E-state index < -0.39 is 37.3 Å². The quantitative estimate of drug-likeness (QED) is 0.413. The van der Waals surface area contributed by atoms with Crippen molar-refractivity contribution in [2.75, 3.05) is 20.8 Å². The summed E-state index contributed by atoms with van der Waals surface area (Å²) in [6, 6.07) is 9.74. The van der Waals surface area contributed by atoms with Crippen LogP contribution < -0.4 is 19.6 Å². The maximum atomic E-state index is 13.2. The first-order valence-electron chi connectivity index (χ1n) is 10.1. The summed E-state index contributed by atoms with van der Waals surface area (Å²) in [5, 5.41) is 39.8. The zero-order chi connectivity index (χ0) is 23.7. The van der Waals surface area contributed by atoms with E-state index in [9.17, 15) is 25.2 Å². The lowest BCUT2D eigenvalue weighted by Crippen LogP contribution is -2.60. The van der Waals surface area contributed by atoms with Gasteiger partial charge in [-0.15, -0.1) is 0 Å². The van der Waals surface area contributed by atoms with Gasteiger partial charge in [0.05, 0.1) is 31.8 Å². The monoisotopic (exact) mass is 460 g/mol. The number of fused-ring (bicyclic) bond motifs is 1. The molecule has 0 saturated carbocycles. The van der Waals surface area contributed by atoms with Gasteiger partial charge in [0.15, 0.2) is 11.5 Å². The highest BCUT2D eigenvalue weighted by Gasteiger charge is 2.45. The van der Waals surface area contributed by atoms with Crippen LogP contribution in [0.1, 0.15) is 0 Å². The number of rotatable bonds is 6. The van der Waals surface area contributed by atoms with E-state index in [0.29, 0.717) is 16.9 Å². The minimum Gasteiger partial charge on any atom is -0.497 e. The van der Waals surface area contributed by atoms with Crippen LogP contribution in [0.4, 0.5) is 0 Å². The lowest BCUT2D eigenvalue weighted by molar-refractivity contribution is -0.277. The van der Waals surface area contributed by atoms with Crippen molar-refractivity contribution in [1.82, 2.24) is 0 Å². The van der Waals surface area contributed by atoms with Crippen molar-refractivity contribution < 1.29 is 43.8 Å². The van der Waals surface area contributed by atoms with Crippen molar-refractivity contribution in [3.05, 3.63) is 52.9 Å². The normalized spacial score (nSPS) is 25.1. The highest BCUT2D eigenvalue weighted by molar-refractivity contribution is 5.84. The van der Waals surface area contributed by atoms with Crippen LogP contribution in [-0.4, -0.2) is 72.0 Å². The van der Waals surface area contributed by atoms with Gasteiger partial charge in [-0.2, -0.15) is 0 Å². The van der Waals surface area contributed by atoms with E-state index in [1.807, 2.05) is 0 Å². The van der Waals surface area contributed by atoms with Crippen molar-refractivity contribution in [3.8, 4) is 28.4 Å². The first-order chi connectivity index (χ1) is 15.9. The molecule has 176 valence electrons. The Labute approximate surface area is 188 Å². The number of benzene rings is 2. The van der Waals surface area contributed by atoms with Gasteiger partial charge in [0.1, 0.15) is 42.0 Å². The third-order valence-electron chi connectivity index (χ3n) is 5.55. The minimum atomic E-state index is -1.62. The molecule has 4 N–H and O–H groups in total. The van der Waals surface area contributed by atoms with Crippen LogP contribution >= 0.6 is 0 Å². The van der Waals surface area contributed by atoms with Crippen molar-refractivity contribution >= 4 is 11.0 Å². The SMILES string of the molecule is COc1ccc(-c2coc3cc(OC)c(O[C@@H]4O[C@H](CO)[C@@H](O)[C@H](O)[C@H]4O)cc3c2=O)cc1. The van der Waals surface area contributed by atoms with Crippen LogP contribution in [0.25, 0.3) is 22.1 Å². The van der Waals surface area contributed by atoms with E-state index in [1.54, 1.807) is 31.4 Å². The molecule has 4 rings (SSSR count). The Morgan fingerprint density at radius 1 is 0.939 bits per heavy atom. The molecule has 0 unspecified atom stereocenters. The van der Waals surface area contributed by atoms with Crippen LogP contribution in [0.3, 0.4) is 0 Å². The van der Waals surface area contributed by atoms with Crippen LogP contribution in [0, 0.1) is 0 Å². The van der Waals surface area contributed by atoms with Crippen molar-refractivity contribution in [2.24, 2.45) is 0 Å². The van der Waals surface area contributed by atoms with E-state index in [4.69, 9.17) is 23.4 Å². The molecule has 10 nitrogen and oxygen atoms in total. The van der Waals surface area contributed by atoms with Gasteiger partial charge >= 0.3 is 0 Å². The molecule has 0 aliphatic carbocycles. The molecule has 1 aliphatic heterocycles. The molecule has 0 bridgehead atoms. The Bertz CT molecular complexity index is 1170. The summed E-state index contributed by atoms with van der Waals surface area (Å²) in [6.45, 7) is -0.603. The Morgan fingerprint density at radius 3 is 2.30 bits per heavy atom. The second kappa shape index (κ2) is 9.38. The first kappa shape index (κ1) is 23.0. The summed E-state index contributed by atoms with van der Waals surface area (Å²) in [5.41, 5.74) is 0.853. The second-order valence-electron chi connectivity index (χ2n) is 7.52. The van der Waals surface area contributed by atoms with E-state index in [0.717, 1.165) is 0 Å². The number of ether oxygens (including phenoxy) is 4. The Kier molecular flexibility index (Phi) is 6.54. The van der Waals surface area contributed by atoms with E-state index in [2.05, 4.69) is 0 Å². The van der Waals surface area contributed by atoms with Crippen LogP contribution in [0.2, 0.25) is 0 Å². The summed E-state index contributed by atoms with van der Waals surface area (Å²) >= 11 is 0. The summed E-state index contributed by atoms with van der Waals surface area (Å²) in [6.07, 6.45) is -5.99. The summed E-state index contributed by atoms with van der Waals surface area (Å²) in [5.74, 6) is 0.859. The van der Waals surface area contributed by atoms with Crippen molar-refractivity contribution in [1.29, 1.82) is 0 Å². The molecule has 0 spiro atoms. The van der Waals surface area contributed by atoms with Crippen molar-refractivity contribution in [3.63, 3.8) is 0 Å². The standard InChI is InChI=1S/C23H24O10/c1-29-12-5-3-11(4-6-12)14-10-31-15-8-16(30-2)17(7-13(15)19(14)25)32-23-22(28)21(27)20(26)18(9-24)33-23/h3-8,10,18,20-24,26-28H,9H2,1-2H3/t18-,20-,21+,22-,23-/m1/s1. The molecular weight excluding hydrogens is 436 g/mol. The van der Waals surface area contributed by atoms with Crippen LogP contribution in [0.5, 0.6) is 17.2 Å². The molecule has 10 heteroatoms. The van der Waals surface area contributed by atoms with Gasteiger partial charge in [-0.3, -0.25) is 4.79 Å². The molecule has 1 saturated heterocycles. The summed E-state index contributed by atoms with van der Waals surface area (Å²) in [7, 11) is 2.93. The number of methoxy groups -OCH3 is 2. The lowest BCUT2D eigenvalue weighted by atomic mass is 9.99. The van der Waals surface area contributed by atoms with Gasteiger partial charge < -0.3 is 43.8 Å². The fourth-order valence-corrected chi connectivity index (χ4v) is 3.65. The second-order valence-corrected chi connectivity index (χ2v) is 7.52. The molecule has 1 aromatic heterocycles. The van der Waals surface area contributed by atoms with Crippen LogP contribution in [-0.2, 0) is 4.74 Å². The third kappa shape index (κ3) is 4.26. The average molecular weight is 460 g/mol. The molecule has 2 heterocycles. The fourth-order valence-electron chi connectivity index (χ4n) is 3.65. The van der Waals surface area contributed by atoms with Crippen LogP contribution in [0.15, 0.2) is 51.9 Å². The number of hydrogen-bond donors (Lipinski definition) is 4. The van der Waals surface area contributed by atoms with E-state index in [-0.39, 0.29) is 27.9 Å². The highest BCUT2D eigenvalue weighted by atomic mass is 16.7. The van der Waals surface area contributed by atoms with Gasteiger partial charge in [0.2, 0.25) is 11.7 Å². The smallest absolute Gasteiger partial charge is 0.229 e. The van der Waals surface area contributed by atoms with Crippen molar-refractivity contribution in [2.45, 2.75) is 30.7 Å². The zero-order valence-corrected chi connectivity index (χ0v) is 17.9. The molecule has 2 aromatic carbocycles. The van der Waals surface area contributed by atoms with Gasteiger partial charge in [-0.25, -0.2) is 0 Å². The fraction of sp³-hybridized carbons (Fsp3) is 0.348. The van der Waals surface area contributed by atoms with E-state index in [1.165, 1.54) is 25.5 Å². The maximum absolute atomic E-state index is 13.2. The van der Waals surface area contributed by atoms with E-state index >= 15 is 0 Å². The largest absolute Gasteiger partial charge is 0.497 e. The predicted octanol–water partition coefficient (Wildman–Crippen LogP) is 0.656. The average Bonchev–Trinajstić information content (AvgIpc) is 2.84. The van der Waals surface area contributed by atoms with Gasteiger partial charge in [0, 0.05) is 6.07 Å². The Morgan fingerprint density at radius 2 is 1.67 bits per heavy atom. The minimum absolute atomic E-state index is 0.0357. The summed E-state index contributed by atoms with van der Waals surface area (Å²) < 4.78 is 27.2. The number of hydrogen-bond acceptors (Lipinski definition) is 10. The molecule has 3 aromatic rings. The topological polar surface area (TPSA) is 148 Å². The molecule has 33 heavy (non-hydrogen) atoms.